The van der Waals surface area contributed by atoms with E-state index in [9.17, 15) is 24.3 Å². The molecule has 0 aromatic heterocycles. The highest BCUT2D eigenvalue weighted by Gasteiger charge is 2.65. The lowest BCUT2D eigenvalue weighted by Gasteiger charge is -2.20. The molecule has 27 heavy (non-hydrogen) atoms. The highest BCUT2D eigenvalue weighted by atomic mass is 16.6. The van der Waals surface area contributed by atoms with Gasteiger partial charge in [0.15, 0.2) is 5.78 Å². The fraction of sp³-hybridized carbons (Fsp3) is 0.0476. The number of rotatable bonds is 3. The van der Waals surface area contributed by atoms with Crippen molar-refractivity contribution < 1.29 is 29.0 Å². The molecule has 2 aromatic carbocycles. The average Bonchev–Trinajstić information content (AvgIpc) is 3.08. The number of hydrogen-bond donors (Lipinski definition) is 1. The summed E-state index contributed by atoms with van der Waals surface area (Å²) in [5.74, 6) is -4.82. The van der Waals surface area contributed by atoms with E-state index >= 15 is 0 Å². The number of benzene rings is 2. The van der Waals surface area contributed by atoms with Gasteiger partial charge in [-0.15, -0.1) is 0 Å². The summed E-state index contributed by atoms with van der Waals surface area (Å²) in [4.78, 5) is 50.5. The number of Topliss-reactive ketones (excluding diaryl/α,β-unsaturated/α-hetero) is 2. The van der Waals surface area contributed by atoms with Crippen LogP contribution in [0.3, 0.4) is 0 Å². The fourth-order valence-electron chi connectivity index (χ4n) is 3.30. The molecular formula is C21H12O6. The highest BCUT2D eigenvalue weighted by molar-refractivity contribution is 6.40. The Kier molecular flexibility index (Phi) is 3.63. The molecule has 0 saturated carbocycles. The van der Waals surface area contributed by atoms with E-state index < -0.39 is 40.3 Å². The van der Waals surface area contributed by atoms with Gasteiger partial charge in [-0.25, -0.2) is 4.79 Å². The second kappa shape index (κ2) is 5.88. The van der Waals surface area contributed by atoms with Gasteiger partial charge in [0.2, 0.25) is 17.3 Å². The van der Waals surface area contributed by atoms with E-state index in [1.165, 1.54) is 18.2 Å². The van der Waals surface area contributed by atoms with Crippen molar-refractivity contribution in [3.8, 4) is 0 Å². The van der Waals surface area contributed by atoms with Crippen molar-refractivity contribution in [1.29, 1.82) is 0 Å². The van der Waals surface area contributed by atoms with E-state index in [0.29, 0.717) is 5.56 Å². The third kappa shape index (κ3) is 2.27. The average molecular weight is 360 g/mol. The Bertz CT molecular complexity index is 1040. The zero-order valence-electron chi connectivity index (χ0n) is 13.8. The maximum absolute atomic E-state index is 12.9. The van der Waals surface area contributed by atoms with Crippen molar-refractivity contribution in [2.24, 2.45) is 0 Å². The van der Waals surface area contributed by atoms with Crippen LogP contribution in [-0.4, -0.2) is 34.0 Å². The number of carbonyl (C=O) groups excluding carboxylic acids is 4. The smallest absolute Gasteiger partial charge is 0.375 e. The van der Waals surface area contributed by atoms with Crippen molar-refractivity contribution in [3.63, 3.8) is 0 Å². The maximum Gasteiger partial charge on any atom is 0.375 e. The first-order valence-corrected chi connectivity index (χ1v) is 8.10. The molecule has 0 atom stereocenters. The molecule has 1 aliphatic heterocycles. The summed E-state index contributed by atoms with van der Waals surface area (Å²) in [5.41, 5.74) is -2.32. The molecule has 0 bridgehead atoms. The molecule has 1 N–H and O–H groups in total. The number of allylic oxidation sites excluding steroid dienone is 1. The van der Waals surface area contributed by atoms with Gasteiger partial charge in [0, 0.05) is 11.1 Å². The first kappa shape index (κ1) is 16.7. The Morgan fingerprint density at radius 3 is 2.04 bits per heavy atom. The fourth-order valence-corrected chi connectivity index (χ4v) is 3.30. The molecule has 1 spiro atoms. The molecule has 2 aliphatic rings. The van der Waals surface area contributed by atoms with Crippen LogP contribution in [0.2, 0.25) is 0 Å². The van der Waals surface area contributed by atoms with E-state index in [0.717, 1.165) is 6.08 Å². The summed E-state index contributed by atoms with van der Waals surface area (Å²) < 4.78 is 5.00. The zero-order valence-corrected chi connectivity index (χ0v) is 13.8. The molecule has 0 unspecified atom stereocenters. The predicted molar refractivity (Wildman–Crippen MR) is 94.1 cm³/mol. The summed E-state index contributed by atoms with van der Waals surface area (Å²) in [6.07, 6.45) is 2.55. The Balaban J connectivity index is 1.80. The van der Waals surface area contributed by atoms with E-state index in [1.807, 2.05) is 0 Å². The van der Waals surface area contributed by atoms with Crippen LogP contribution in [0.25, 0.3) is 6.08 Å². The van der Waals surface area contributed by atoms with Crippen molar-refractivity contribution in [2.75, 3.05) is 0 Å². The van der Waals surface area contributed by atoms with E-state index in [1.54, 1.807) is 42.5 Å². The summed E-state index contributed by atoms with van der Waals surface area (Å²) in [6, 6.07) is 14.8. The predicted octanol–water partition coefficient (Wildman–Crippen LogP) is 2.46. The molecular weight excluding hydrogens is 348 g/mol. The first-order valence-electron chi connectivity index (χ1n) is 8.10. The van der Waals surface area contributed by atoms with Crippen LogP contribution in [0.4, 0.5) is 0 Å². The van der Waals surface area contributed by atoms with Gasteiger partial charge in [-0.3, -0.25) is 14.4 Å². The van der Waals surface area contributed by atoms with Crippen LogP contribution in [0, 0.1) is 0 Å². The number of carbonyl (C=O) groups is 4. The van der Waals surface area contributed by atoms with Crippen LogP contribution in [0.1, 0.15) is 26.3 Å². The Morgan fingerprint density at radius 1 is 0.889 bits per heavy atom. The molecule has 0 saturated heterocycles. The maximum atomic E-state index is 12.9. The molecule has 1 aliphatic carbocycles. The third-order valence-electron chi connectivity index (χ3n) is 4.56. The second-order valence-corrected chi connectivity index (χ2v) is 6.11. The van der Waals surface area contributed by atoms with Gasteiger partial charge in [-0.05, 0) is 11.6 Å². The summed E-state index contributed by atoms with van der Waals surface area (Å²) in [5, 5.41) is 10.1. The number of hydrogen-bond acceptors (Lipinski definition) is 6. The van der Waals surface area contributed by atoms with Gasteiger partial charge in [0.25, 0.3) is 5.60 Å². The van der Waals surface area contributed by atoms with Crippen molar-refractivity contribution in [1.82, 2.24) is 0 Å². The molecule has 0 radical (unpaired) electrons. The molecule has 6 heteroatoms. The summed E-state index contributed by atoms with van der Waals surface area (Å²) in [6.45, 7) is 0. The zero-order chi connectivity index (χ0) is 19.2. The Labute approximate surface area is 153 Å². The largest absolute Gasteiger partial charge is 0.501 e. The van der Waals surface area contributed by atoms with Crippen molar-refractivity contribution in [2.45, 2.75) is 5.60 Å². The van der Waals surface area contributed by atoms with Gasteiger partial charge in [0.1, 0.15) is 5.57 Å². The number of ether oxygens (including phenoxy) is 1. The van der Waals surface area contributed by atoms with E-state index in [-0.39, 0.29) is 11.1 Å². The lowest BCUT2D eigenvalue weighted by Crippen LogP contribution is -2.45. The molecule has 0 amide bonds. The topological polar surface area (TPSA) is 97.7 Å². The molecule has 132 valence electrons. The van der Waals surface area contributed by atoms with E-state index in [2.05, 4.69) is 0 Å². The van der Waals surface area contributed by atoms with Crippen LogP contribution in [-0.2, 0) is 14.3 Å². The number of fused-ring (bicyclic) bond motifs is 1. The summed E-state index contributed by atoms with van der Waals surface area (Å²) >= 11 is 0. The highest BCUT2D eigenvalue weighted by Crippen LogP contribution is 2.43. The van der Waals surface area contributed by atoms with Crippen molar-refractivity contribution in [3.05, 3.63) is 88.7 Å². The number of ketones is 3. The lowest BCUT2D eigenvalue weighted by molar-refractivity contribution is -0.143. The number of aliphatic hydroxyl groups is 1. The van der Waals surface area contributed by atoms with Crippen LogP contribution in [0.5, 0.6) is 0 Å². The summed E-state index contributed by atoms with van der Waals surface area (Å²) in [7, 11) is 0. The van der Waals surface area contributed by atoms with Gasteiger partial charge >= 0.3 is 5.97 Å². The van der Waals surface area contributed by atoms with E-state index in [4.69, 9.17) is 4.74 Å². The van der Waals surface area contributed by atoms with Gasteiger partial charge in [-0.2, -0.15) is 0 Å². The van der Waals surface area contributed by atoms with Gasteiger partial charge in [0.05, 0.1) is 0 Å². The number of esters is 1. The molecule has 0 fully saturated rings. The van der Waals surface area contributed by atoms with Crippen LogP contribution in [0.15, 0.2) is 72.0 Å². The SMILES string of the molecule is O=C(C=Cc1ccccc1)C1=C(O)C(=O)OC12C(=O)c1ccccc1C2=O. The third-order valence-corrected chi connectivity index (χ3v) is 4.56. The molecule has 2 aromatic rings. The monoisotopic (exact) mass is 360 g/mol. The Morgan fingerprint density at radius 2 is 1.44 bits per heavy atom. The minimum absolute atomic E-state index is 0.0438. The molecule has 6 nitrogen and oxygen atoms in total. The lowest BCUT2D eigenvalue weighted by atomic mass is 9.86. The number of aliphatic hydroxyl groups excluding tert-OH is 1. The van der Waals surface area contributed by atoms with Gasteiger partial charge < -0.3 is 9.84 Å². The molecule has 1 heterocycles. The minimum Gasteiger partial charge on any atom is -0.501 e. The second-order valence-electron chi connectivity index (χ2n) is 6.11. The quantitative estimate of drug-likeness (QED) is 0.513. The Hall–Kier alpha value is -3.80. The standard InChI is InChI=1S/C21H12O6/c22-15(11-10-12-6-2-1-3-7-12)16-17(23)20(26)27-21(16)18(24)13-8-4-5-9-14(13)19(21)25/h1-11,23H. The van der Waals surface area contributed by atoms with Crippen LogP contribution < -0.4 is 0 Å². The normalized spacial score (nSPS) is 17.7. The van der Waals surface area contributed by atoms with Gasteiger partial charge in [-0.1, -0.05) is 60.7 Å². The van der Waals surface area contributed by atoms with Crippen LogP contribution >= 0.6 is 0 Å². The van der Waals surface area contributed by atoms with Crippen molar-refractivity contribution >= 4 is 29.4 Å². The first-order chi connectivity index (χ1) is 13.0. The minimum atomic E-state index is -2.46. The molecule has 4 rings (SSSR count).